The van der Waals surface area contributed by atoms with E-state index in [-0.39, 0.29) is 19.1 Å². The van der Waals surface area contributed by atoms with E-state index in [1.165, 1.54) is 6.33 Å². The Morgan fingerprint density at radius 2 is 2.05 bits per heavy atom. The molecule has 1 aromatic heterocycles. The van der Waals surface area contributed by atoms with Crippen LogP contribution in [0.1, 0.15) is 18.9 Å². The third-order valence-electron chi connectivity index (χ3n) is 3.53. The summed E-state index contributed by atoms with van der Waals surface area (Å²) in [5.74, 6) is -0.251. The average Bonchev–Trinajstić information content (AvgIpc) is 2.94. The highest BCUT2D eigenvalue weighted by atomic mass is 16.3. The molecule has 19 heavy (non-hydrogen) atoms. The van der Waals surface area contributed by atoms with Crippen molar-refractivity contribution in [3.05, 3.63) is 48.5 Å². The molecule has 2 unspecified atom stereocenters. The number of hydrogen-bond acceptors (Lipinski definition) is 4. The number of hydrogen-bond donors (Lipinski definition) is 2. The minimum atomic E-state index is -1.15. The quantitative estimate of drug-likeness (QED) is 0.819. The van der Waals surface area contributed by atoms with Gasteiger partial charge in [0.2, 0.25) is 0 Å². The molecule has 0 aliphatic carbocycles. The molecule has 2 N–H and O–H groups in total. The highest BCUT2D eigenvalue weighted by Crippen LogP contribution is 2.33. The van der Waals surface area contributed by atoms with Gasteiger partial charge in [0, 0.05) is 12.5 Å². The summed E-state index contributed by atoms with van der Waals surface area (Å²) in [6, 6.07) is 9.40. The van der Waals surface area contributed by atoms with E-state index in [9.17, 15) is 10.2 Å². The maximum Gasteiger partial charge on any atom is 0.137 e. The molecule has 2 atom stereocenters. The normalized spacial score (nSPS) is 15.9. The summed E-state index contributed by atoms with van der Waals surface area (Å²) in [5.41, 5.74) is -0.371. The summed E-state index contributed by atoms with van der Waals surface area (Å²) in [7, 11) is 0. The first kappa shape index (κ1) is 13.7. The lowest BCUT2D eigenvalue weighted by atomic mass is 9.80. The third-order valence-corrected chi connectivity index (χ3v) is 3.53. The zero-order valence-corrected chi connectivity index (χ0v) is 11.0. The zero-order chi connectivity index (χ0) is 13.7. The average molecular weight is 261 g/mol. The Morgan fingerprint density at radius 3 is 2.58 bits per heavy atom. The van der Waals surface area contributed by atoms with Crippen LogP contribution in [0.25, 0.3) is 0 Å². The van der Waals surface area contributed by atoms with Crippen LogP contribution in [0, 0.1) is 5.92 Å². The number of aromatic nitrogens is 3. The van der Waals surface area contributed by atoms with E-state index in [2.05, 4.69) is 10.1 Å². The van der Waals surface area contributed by atoms with Gasteiger partial charge in [-0.25, -0.2) is 9.67 Å². The summed E-state index contributed by atoms with van der Waals surface area (Å²) in [5, 5.41) is 24.7. The van der Waals surface area contributed by atoms with Gasteiger partial charge in [-0.1, -0.05) is 37.3 Å². The Labute approximate surface area is 112 Å². The standard InChI is InChI=1S/C14H19N3O2/c1-2-12(8-18)14(19,9-17-11-15-10-16-17)13-6-4-3-5-7-13/h3-7,10-12,18-19H,2,8-9H2,1H3. The minimum absolute atomic E-state index is 0.0728. The number of aliphatic hydroxyl groups excluding tert-OH is 1. The summed E-state index contributed by atoms with van der Waals surface area (Å²) in [4.78, 5) is 3.89. The minimum Gasteiger partial charge on any atom is -0.396 e. The van der Waals surface area contributed by atoms with Gasteiger partial charge >= 0.3 is 0 Å². The molecule has 2 aromatic rings. The first-order chi connectivity index (χ1) is 9.20. The molecule has 0 saturated heterocycles. The number of nitrogens with zero attached hydrogens (tertiary/aromatic N) is 3. The molecular formula is C14H19N3O2. The molecule has 5 heteroatoms. The van der Waals surface area contributed by atoms with Crippen LogP contribution < -0.4 is 0 Å². The second kappa shape index (κ2) is 5.95. The predicted molar refractivity (Wildman–Crippen MR) is 71.2 cm³/mol. The van der Waals surface area contributed by atoms with E-state index in [1.807, 2.05) is 37.3 Å². The lowest BCUT2D eigenvalue weighted by Crippen LogP contribution is -2.41. The van der Waals surface area contributed by atoms with Crippen molar-refractivity contribution >= 4 is 0 Å². The van der Waals surface area contributed by atoms with Gasteiger partial charge in [-0.15, -0.1) is 0 Å². The van der Waals surface area contributed by atoms with Gasteiger partial charge in [-0.3, -0.25) is 0 Å². The van der Waals surface area contributed by atoms with Crippen molar-refractivity contribution in [2.24, 2.45) is 5.92 Å². The molecule has 0 bridgehead atoms. The number of benzene rings is 1. The van der Waals surface area contributed by atoms with Gasteiger partial charge in [0.1, 0.15) is 18.3 Å². The van der Waals surface area contributed by atoms with Crippen molar-refractivity contribution in [3.8, 4) is 0 Å². The summed E-state index contributed by atoms with van der Waals surface area (Å²) >= 11 is 0. The fourth-order valence-corrected chi connectivity index (χ4v) is 2.36. The molecule has 0 fully saturated rings. The Bertz CT molecular complexity index is 483. The largest absolute Gasteiger partial charge is 0.396 e. The molecule has 0 aliphatic rings. The van der Waals surface area contributed by atoms with E-state index >= 15 is 0 Å². The Hall–Kier alpha value is -1.72. The van der Waals surface area contributed by atoms with Crippen LogP contribution in [0.15, 0.2) is 43.0 Å². The van der Waals surface area contributed by atoms with Crippen LogP contribution in [0.3, 0.4) is 0 Å². The van der Waals surface area contributed by atoms with Crippen molar-refractivity contribution in [2.45, 2.75) is 25.5 Å². The first-order valence-electron chi connectivity index (χ1n) is 6.42. The van der Waals surface area contributed by atoms with Crippen LogP contribution in [0.5, 0.6) is 0 Å². The van der Waals surface area contributed by atoms with E-state index < -0.39 is 5.60 Å². The molecule has 0 spiro atoms. The van der Waals surface area contributed by atoms with Gasteiger partial charge in [-0.05, 0) is 12.0 Å². The highest BCUT2D eigenvalue weighted by Gasteiger charge is 2.37. The molecule has 2 rings (SSSR count). The van der Waals surface area contributed by atoms with Crippen LogP contribution >= 0.6 is 0 Å². The number of aliphatic hydroxyl groups is 2. The van der Waals surface area contributed by atoms with Gasteiger partial charge in [-0.2, -0.15) is 5.10 Å². The lowest BCUT2D eigenvalue weighted by Gasteiger charge is -2.35. The monoisotopic (exact) mass is 261 g/mol. The van der Waals surface area contributed by atoms with E-state index in [4.69, 9.17) is 0 Å². The molecule has 0 amide bonds. The van der Waals surface area contributed by atoms with Crippen molar-refractivity contribution in [1.82, 2.24) is 14.8 Å². The van der Waals surface area contributed by atoms with Gasteiger partial charge in [0.25, 0.3) is 0 Å². The molecule has 102 valence electrons. The van der Waals surface area contributed by atoms with Crippen LogP contribution in [-0.4, -0.2) is 31.6 Å². The number of rotatable bonds is 6. The van der Waals surface area contributed by atoms with Gasteiger partial charge in [0.15, 0.2) is 0 Å². The summed E-state index contributed by atoms with van der Waals surface area (Å²) in [6.45, 7) is 2.16. The third kappa shape index (κ3) is 2.83. The van der Waals surface area contributed by atoms with Crippen molar-refractivity contribution in [1.29, 1.82) is 0 Å². The Kier molecular flexibility index (Phi) is 4.29. The zero-order valence-electron chi connectivity index (χ0n) is 11.0. The predicted octanol–water partition coefficient (Wildman–Crippen LogP) is 1.18. The molecular weight excluding hydrogens is 242 g/mol. The topological polar surface area (TPSA) is 71.2 Å². The van der Waals surface area contributed by atoms with E-state index in [0.29, 0.717) is 6.42 Å². The van der Waals surface area contributed by atoms with E-state index in [1.54, 1.807) is 11.0 Å². The SMILES string of the molecule is CCC(CO)C(O)(Cn1cncn1)c1ccccc1. The Balaban J connectivity index is 2.37. The summed E-state index contributed by atoms with van der Waals surface area (Å²) in [6.07, 6.45) is 3.68. The second-order valence-electron chi connectivity index (χ2n) is 4.67. The fraction of sp³-hybridized carbons (Fsp3) is 0.429. The Morgan fingerprint density at radius 1 is 1.32 bits per heavy atom. The maximum absolute atomic E-state index is 11.1. The summed E-state index contributed by atoms with van der Waals surface area (Å²) < 4.78 is 1.59. The molecule has 0 saturated carbocycles. The highest BCUT2D eigenvalue weighted by molar-refractivity contribution is 5.23. The molecule has 1 heterocycles. The molecule has 5 nitrogen and oxygen atoms in total. The van der Waals surface area contributed by atoms with Crippen molar-refractivity contribution in [3.63, 3.8) is 0 Å². The van der Waals surface area contributed by atoms with Gasteiger partial charge in [0.05, 0.1) is 6.54 Å². The maximum atomic E-state index is 11.1. The first-order valence-corrected chi connectivity index (χ1v) is 6.42. The fourth-order valence-electron chi connectivity index (χ4n) is 2.36. The second-order valence-corrected chi connectivity index (χ2v) is 4.67. The van der Waals surface area contributed by atoms with Crippen LogP contribution in [0.4, 0.5) is 0 Å². The van der Waals surface area contributed by atoms with Crippen molar-refractivity contribution in [2.75, 3.05) is 6.61 Å². The molecule has 1 aromatic carbocycles. The van der Waals surface area contributed by atoms with Crippen molar-refractivity contribution < 1.29 is 10.2 Å². The molecule has 0 aliphatic heterocycles. The van der Waals surface area contributed by atoms with Crippen LogP contribution in [-0.2, 0) is 12.1 Å². The molecule has 0 radical (unpaired) electrons. The van der Waals surface area contributed by atoms with E-state index in [0.717, 1.165) is 5.56 Å². The van der Waals surface area contributed by atoms with Gasteiger partial charge < -0.3 is 10.2 Å². The van der Waals surface area contributed by atoms with Crippen LogP contribution in [0.2, 0.25) is 0 Å². The smallest absolute Gasteiger partial charge is 0.137 e. The lowest BCUT2D eigenvalue weighted by molar-refractivity contribution is -0.0627.